The van der Waals surface area contributed by atoms with Crippen molar-refractivity contribution in [2.75, 3.05) is 12.4 Å². The third kappa shape index (κ3) is 4.72. The molecule has 39 heavy (non-hydrogen) atoms. The predicted molar refractivity (Wildman–Crippen MR) is 130 cm³/mol. The fraction of sp³-hybridized carbons (Fsp3) is 0.462. The summed E-state index contributed by atoms with van der Waals surface area (Å²) in [6.07, 6.45) is -5.30. The Morgan fingerprint density at radius 3 is 2.59 bits per heavy atom. The molecule has 13 heteroatoms. The van der Waals surface area contributed by atoms with Crippen molar-refractivity contribution in [3.63, 3.8) is 0 Å². The van der Waals surface area contributed by atoms with Gasteiger partial charge in [0, 0.05) is 29.4 Å². The van der Waals surface area contributed by atoms with E-state index in [2.05, 4.69) is 20.3 Å². The number of hydrogen-bond acceptors (Lipinski definition) is 6. The van der Waals surface area contributed by atoms with Crippen molar-refractivity contribution >= 4 is 29.0 Å². The van der Waals surface area contributed by atoms with Gasteiger partial charge in [0.1, 0.15) is 29.0 Å². The zero-order chi connectivity index (χ0) is 28.9. The molecule has 1 aliphatic rings. The zero-order valence-corrected chi connectivity index (χ0v) is 21.7. The van der Waals surface area contributed by atoms with Crippen LogP contribution in [0.15, 0.2) is 18.2 Å². The van der Waals surface area contributed by atoms with Gasteiger partial charge in [-0.15, -0.1) is 0 Å². The number of carbonyl (C=O) groups is 2. The first-order valence-corrected chi connectivity index (χ1v) is 12.2. The molecule has 4 rings (SSSR count). The number of nitrogens with one attached hydrogen (secondary N) is 2. The summed E-state index contributed by atoms with van der Waals surface area (Å²) in [6, 6.07) is 3.35. The molecule has 2 N–H and O–H groups in total. The van der Waals surface area contributed by atoms with Crippen molar-refractivity contribution in [2.45, 2.75) is 57.9 Å². The number of amides is 1. The van der Waals surface area contributed by atoms with Crippen molar-refractivity contribution in [2.24, 2.45) is 11.8 Å². The third-order valence-electron chi connectivity index (χ3n) is 7.52. The maximum Gasteiger partial charge on any atom is 0.417 e. The highest BCUT2D eigenvalue weighted by Gasteiger charge is 2.65. The number of H-pyrrole nitrogens is 1. The van der Waals surface area contributed by atoms with E-state index >= 15 is 0 Å². The van der Waals surface area contributed by atoms with Crippen LogP contribution < -0.4 is 10.1 Å². The number of halogens is 5. The summed E-state index contributed by atoms with van der Waals surface area (Å²) in [4.78, 5) is 35.5. The van der Waals surface area contributed by atoms with Gasteiger partial charge in [-0.3, -0.25) is 9.59 Å². The smallest absolute Gasteiger partial charge is 0.417 e. The number of alkyl halides is 3. The Morgan fingerprint density at radius 2 is 2.00 bits per heavy atom. The number of nitrogens with zero attached hydrogens (tertiary/aromatic N) is 2. The van der Waals surface area contributed by atoms with Gasteiger partial charge in [-0.05, 0) is 19.4 Å². The second kappa shape index (κ2) is 10.2. The van der Waals surface area contributed by atoms with Crippen LogP contribution in [0.25, 0.3) is 11.0 Å². The van der Waals surface area contributed by atoms with Crippen LogP contribution in [-0.2, 0) is 9.53 Å². The minimum absolute atomic E-state index is 0.0365. The maximum atomic E-state index is 14.6. The Kier molecular flexibility index (Phi) is 7.41. The van der Waals surface area contributed by atoms with E-state index in [4.69, 9.17) is 9.47 Å². The van der Waals surface area contributed by atoms with Gasteiger partial charge in [-0.1, -0.05) is 26.8 Å². The first-order valence-electron chi connectivity index (χ1n) is 12.2. The maximum absolute atomic E-state index is 14.6. The number of carbonyl (C=O) groups excluding carboxylic acids is 2. The van der Waals surface area contributed by atoms with Crippen LogP contribution in [0.4, 0.5) is 27.8 Å². The number of benzene rings is 1. The summed E-state index contributed by atoms with van der Waals surface area (Å²) in [5.41, 5.74) is -2.67. The highest BCUT2D eigenvalue weighted by Crippen LogP contribution is 2.59. The minimum Gasteiger partial charge on any atom is -0.493 e. The van der Waals surface area contributed by atoms with Gasteiger partial charge < -0.3 is 19.8 Å². The van der Waals surface area contributed by atoms with E-state index in [9.17, 15) is 31.5 Å². The number of pyridine rings is 1. The molecule has 2 aromatic heterocycles. The first-order chi connectivity index (χ1) is 18.3. The molecule has 0 radical (unpaired) electrons. The SMILES string of the molecule is CCC(C)C(=O)Nc1cc2[nH]c([C@@H]3O[C@@](C)(C(F)(F)F)C(C)C3c3ccc(F)c(F)c3OC)nc2c(C=O)n1. The summed E-state index contributed by atoms with van der Waals surface area (Å²) >= 11 is 0. The lowest BCUT2D eigenvalue weighted by Crippen LogP contribution is -2.46. The Hall–Kier alpha value is -3.61. The molecule has 5 atom stereocenters. The van der Waals surface area contributed by atoms with Crippen LogP contribution in [0.2, 0.25) is 0 Å². The molecule has 1 aromatic carbocycles. The van der Waals surface area contributed by atoms with Gasteiger partial charge in [-0.2, -0.15) is 17.6 Å². The normalized spacial score (nSPS) is 24.1. The topological polar surface area (TPSA) is 106 Å². The Morgan fingerprint density at radius 1 is 1.31 bits per heavy atom. The summed E-state index contributed by atoms with van der Waals surface area (Å²) < 4.78 is 82.1. The first kappa shape index (κ1) is 28.4. The van der Waals surface area contributed by atoms with Gasteiger partial charge in [0.2, 0.25) is 11.7 Å². The van der Waals surface area contributed by atoms with E-state index in [-0.39, 0.29) is 45.8 Å². The Labute approximate surface area is 220 Å². The highest BCUT2D eigenvalue weighted by molar-refractivity contribution is 5.97. The van der Waals surface area contributed by atoms with Crippen molar-refractivity contribution < 1.29 is 41.0 Å². The largest absolute Gasteiger partial charge is 0.493 e. The molecule has 3 aromatic rings. The molecule has 8 nitrogen and oxygen atoms in total. The molecular weight excluding hydrogens is 527 g/mol. The lowest BCUT2D eigenvalue weighted by atomic mass is 9.77. The van der Waals surface area contributed by atoms with Crippen molar-refractivity contribution in [1.29, 1.82) is 0 Å². The minimum atomic E-state index is -4.83. The highest BCUT2D eigenvalue weighted by atomic mass is 19.4. The Balaban J connectivity index is 1.87. The Bertz CT molecular complexity index is 1430. The number of aromatic amines is 1. The van der Waals surface area contributed by atoms with E-state index in [1.807, 2.05) is 6.92 Å². The van der Waals surface area contributed by atoms with Gasteiger partial charge in [0.25, 0.3) is 0 Å². The molecule has 0 saturated carbocycles. The number of anilines is 1. The van der Waals surface area contributed by atoms with Gasteiger partial charge in [-0.25, -0.2) is 14.4 Å². The van der Waals surface area contributed by atoms with Crippen molar-refractivity contribution in [3.05, 3.63) is 46.9 Å². The second-order valence-electron chi connectivity index (χ2n) is 9.77. The number of methoxy groups -OCH3 is 1. The number of imidazole rings is 1. The van der Waals surface area contributed by atoms with E-state index in [1.54, 1.807) is 6.92 Å². The predicted octanol–water partition coefficient (Wildman–Crippen LogP) is 5.85. The average Bonchev–Trinajstić information content (AvgIpc) is 3.43. The molecular formula is C26H27F5N4O4. The molecule has 0 bridgehead atoms. The fourth-order valence-corrected chi connectivity index (χ4v) is 4.82. The van der Waals surface area contributed by atoms with Crippen molar-refractivity contribution in [1.82, 2.24) is 15.0 Å². The number of ether oxygens (including phenoxy) is 2. The second-order valence-corrected chi connectivity index (χ2v) is 9.77. The summed E-state index contributed by atoms with van der Waals surface area (Å²) in [6.45, 7) is 5.71. The van der Waals surface area contributed by atoms with Crippen molar-refractivity contribution in [3.8, 4) is 5.75 Å². The van der Waals surface area contributed by atoms with Crippen LogP contribution in [0.5, 0.6) is 5.75 Å². The van der Waals surface area contributed by atoms with E-state index < -0.39 is 47.1 Å². The molecule has 0 aliphatic carbocycles. The van der Waals surface area contributed by atoms with Crippen LogP contribution in [0.1, 0.15) is 68.0 Å². The molecule has 3 unspecified atom stereocenters. The standard InChI is InChI=1S/C26H27F5N4O4/c1-6-11(2)24(37)34-17-9-15-20(16(10-36)32-17)35-23(33-15)22-18(12(3)25(4,39-22)26(29,30)31)13-7-8-14(27)19(28)21(13)38-5/h7-12,18,22H,6H2,1-5H3,(H,33,35)(H,32,34,37)/t11?,12?,18?,22-,25-/m1/s1. The van der Waals surface area contributed by atoms with Gasteiger partial charge in [0.15, 0.2) is 23.5 Å². The molecule has 0 spiro atoms. The van der Waals surface area contributed by atoms with Crippen LogP contribution in [0, 0.1) is 23.5 Å². The van der Waals surface area contributed by atoms with E-state index in [1.165, 1.54) is 13.0 Å². The summed E-state index contributed by atoms with van der Waals surface area (Å²) in [5.74, 6) is -6.34. The molecule has 3 heterocycles. The number of aromatic nitrogens is 3. The average molecular weight is 555 g/mol. The zero-order valence-electron chi connectivity index (χ0n) is 21.7. The molecule has 210 valence electrons. The molecule has 1 amide bonds. The van der Waals surface area contributed by atoms with E-state index in [0.29, 0.717) is 12.7 Å². The summed E-state index contributed by atoms with van der Waals surface area (Å²) in [7, 11) is 1.08. The monoisotopic (exact) mass is 554 g/mol. The summed E-state index contributed by atoms with van der Waals surface area (Å²) in [5, 5.41) is 2.61. The van der Waals surface area contributed by atoms with Gasteiger partial charge in [0.05, 0.1) is 12.6 Å². The number of aldehydes is 1. The number of fused-ring (bicyclic) bond motifs is 1. The van der Waals surface area contributed by atoms with Gasteiger partial charge >= 0.3 is 6.18 Å². The van der Waals surface area contributed by atoms with Crippen LogP contribution in [-0.4, -0.2) is 46.0 Å². The number of hydrogen-bond donors (Lipinski definition) is 2. The molecule has 1 fully saturated rings. The van der Waals surface area contributed by atoms with E-state index in [0.717, 1.165) is 26.2 Å². The van der Waals surface area contributed by atoms with Crippen LogP contribution >= 0.6 is 0 Å². The number of rotatable bonds is 7. The third-order valence-corrected chi connectivity index (χ3v) is 7.52. The quantitative estimate of drug-likeness (QED) is 0.280. The molecule has 1 saturated heterocycles. The van der Waals surface area contributed by atoms with Crippen LogP contribution in [0.3, 0.4) is 0 Å². The molecule has 1 aliphatic heterocycles. The fourth-order valence-electron chi connectivity index (χ4n) is 4.82. The lowest BCUT2D eigenvalue weighted by molar-refractivity contribution is -0.275. The lowest BCUT2D eigenvalue weighted by Gasteiger charge is -2.32.